The summed E-state index contributed by atoms with van der Waals surface area (Å²) < 4.78 is 60.3. The SMILES string of the molecule is Fc1ccc(-c2cc(COCC3(c4ccccc4)CCNCC3)cc(C(F)(F)F)c2)cc1Cl. The van der Waals surface area contributed by atoms with Gasteiger partial charge in [0, 0.05) is 5.41 Å². The van der Waals surface area contributed by atoms with Gasteiger partial charge in [-0.05, 0) is 78.5 Å². The fourth-order valence-corrected chi connectivity index (χ4v) is 4.54. The Bertz CT molecular complexity index is 1100. The van der Waals surface area contributed by atoms with Crippen LogP contribution in [0.2, 0.25) is 5.02 Å². The molecule has 1 saturated heterocycles. The van der Waals surface area contributed by atoms with Crippen molar-refractivity contribution in [3.05, 3.63) is 94.3 Å². The van der Waals surface area contributed by atoms with Crippen molar-refractivity contribution in [1.29, 1.82) is 0 Å². The Balaban J connectivity index is 1.58. The topological polar surface area (TPSA) is 21.3 Å². The van der Waals surface area contributed by atoms with E-state index in [1.165, 1.54) is 17.7 Å². The number of hydrogen-bond acceptors (Lipinski definition) is 2. The number of benzene rings is 3. The van der Waals surface area contributed by atoms with Gasteiger partial charge in [-0.15, -0.1) is 0 Å². The van der Waals surface area contributed by atoms with Crippen molar-refractivity contribution in [2.24, 2.45) is 0 Å². The third-order valence-electron chi connectivity index (χ3n) is 6.17. The van der Waals surface area contributed by atoms with Crippen molar-refractivity contribution in [2.75, 3.05) is 19.7 Å². The Morgan fingerprint density at radius 1 is 0.909 bits per heavy atom. The summed E-state index contributed by atoms with van der Waals surface area (Å²) in [5.74, 6) is -0.621. The highest BCUT2D eigenvalue weighted by molar-refractivity contribution is 6.31. The van der Waals surface area contributed by atoms with E-state index in [0.29, 0.717) is 23.3 Å². The van der Waals surface area contributed by atoms with Gasteiger partial charge < -0.3 is 10.1 Å². The van der Waals surface area contributed by atoms with Crippen molar-refractivity contribution in [3.63, 3.8) is 0 Å². The highest BCUT2D eigenvalue weighted by Gasteiger charge is 2.34. The molecule has 1 heterocycles. The zero-order valence-electron chi connectivity index (χ0n) is 17.9. The molecule has 0 amide bonds. The van der Waals surface area contributed by atoms with Gasteiger partial charge in [0.1, 0.15) is 5.82 Å². The van der Waals surface area contributed by atoms with Gasteiger partial charge in [0.15, 0.2) is 0 Å². The van der Waals surface area contributed by atoms with Gasteiger partial charge in [-0.25, -0.2) is 4.39 Å². The largest absolute Gasteiger partial charge is 0.416 e. The molecule has 2 nitrogen and oxygen atoms in total. The van der Waals surface area contributed by atoms with Crippen LogP contribution in [-0.2, 0) is 22.9 Å². The summed E-state index contributed by atoms with van der Waals surface area (Å²) in [6.07, 6.45) is -2.74. The Hall–Kier alpha value is -2.41. The molecule has 7 heteroatoms. The lowest BCUT2D eigenvalue weighted by Gasteiger charge is -2.38. The molecule has 1 aliphatic rings. The Morgan fingerprint density at radius 3 is 2.30 bits per heavy atom. The van der Waals surface area contributed by atoms with Gasteiger partial charge in [-0.1, -0.05) is 48.0 Å². The van der Waals surface area contributed by atoms with Gasteiger partial charge in [0.25, 0.3) is 0 Å². The van der Waals surface area contributed by atoms with Crippen LogP contribution in [-0.4, -0.2) is 19.7 Å². The van der Waals surface area contributed by atoms with E-state index in [4.69, 9.17) is 16.3 Å². The molecule has 33 heavy (non-hydrogen) atoms. The van der Waals surface area contributed by atoms with Crippen molar-refractivity contribution in [3.8, 4) is 11.1 Å². The standard InChI is InChI=1S/C26H24ClF4NO/c27-23-15-19(6-7-24(23)28)20-12-18(13-22(14-20)26(29,30)31)16-33-17-25(8-10-32-11-9-25)21-4-2-1-3-5-21/h1-7,12-15,32H,8-11,16-17H2. The minimum atomic E-state index is -4.52. The number of rotatable bonds is 6. The van der Waals surface area contributed by atoms with Crippen LogP contribution in [0.3, 0.4) is 0 Å². The maximum atomic E-state index is 13.6. The second-order valence-corrected chi connectivity index (χ2v) is 8.84. The molecule has 0 unspecified atom stereocenters. The number of hydrogen-bond donors (Lipinski definition) is 1. The summed E-state index contributed by atoms with van der Waals surface area (Å²) in [6.45, 7) is 2.16. The van der Waals surface area contributed by atoms with E-state index >= 15 is 0 Å². The smallest absolute Gasteiger partial charge is 0.376 e. The molecule has 0 bridgehead atoms. The predicted octanol–water partition coefficient (Wildman–Crippen LogP) is 7.00. The second kappa shape index (κ2) is 9.84. The highest BCUT2D eigenvalue weighted by atomic mass is 35.5. The van der Waals surface area contributed by atoms with Crippen molar-refractivity contribution in [2.45, 2.75) is 31.0 Å². The lowest BCUT2D eigenvalue weighted by molar-refractivity contribution is -0.137. The van der Waals surface area contributed by atoms with Gasteiger partial charge in [-0.3, -0.25) is 0 Å². The molecule has 0 spiro atoms. The molecule has 0 aliphatic carbocycles. The van der Waals surface area contributed by atoms with E-state index in [2.05, 4.69) is 17.4 Å². The minimum absolute atomic E-state index is 0.0356. The van der Waals surface area contributed by atoms with Crippen LogP contribution >= 0.6 is 11.6 Å². The average Bonchev–Trinajstić information content (AvgIpc) is 2.81. The maximum absolute atomic E-state index is 13.6. The van der Waals surface area contributed by atoms with Crippen LogP contribution in [0.15, 0.2) is 66.7 Å². The fraction of sp³-hybridized carbons (Fsp3) is 0.308. The monoisotopic (exact) mass is 477 g/mol. The first-order valence-corrected chi connectivity index (χ1v) is 11.2. The van der Waals surface area contributed by atoms with E-state index < -0.39 is 17.6 Å². The Kier molecular flexibility index (Phi) is 7.07. The molecule has 174 valence electrons. The average molecular weight is 478 g/mol. The molecular weight excluding hydrogens is 454 g/mol. The zero-order chi connectivity index (χ0) is 23.5. The van der Waals surface area contributed by atoms with Crippen LogP contribution in [0.4, 0.5) is 17.6 Å². The van der Waals surface area contributed by atoms with Gasteiger partial charge >= 0.3 is 6.18 Å². The van der Waals surface area contributed by atoms with E-state index in [9.17, 15) is 17.6 Å². The fourth-order valence-electron chi connectivity index (χ4n) is 4.36. The number of halogens is 5. The lowest BCUT2D eigenvalue weighted by Crippen LogP contribution is -2.43. The van der Waals surface area contributed by atoms with E-state index in [0.717, 1.165) is 44.1 Å². The molecule has 1 aliphatic heterocycles. The predicted molar refractivity (Wildman–Crippen MR) is 122 cm³/mol. The van der Waals surface area contributed by atoms with Gasteiger partial charge in [-0.2, -0.15) is 13.2 Å². The molecular formula is C26H24ClF4NO. The molecule has 0 saturated carbocycles. The third-order valence-corrected chi connectivity index (χ3v) is 6.46. The molecule has 4 rings (SSSR count). The van der Waals surface area contributed by atoms with Crippen LogP contribution in [0.5, 0.6) is 0 Å². The first-order valence-electron chi connectivity index (χ1n) is 10.8. The first-order chi connectivity index (χ1) is 15.8. The van der Waals surface area contributed by atoms with Crippen LogP contribution < -0.4 is 5.32 Å². The van der Waals surface area contributed by atoms with Crippen molar-refractivity contribution in [1.82, 2.24) is 5.32 Å². The number of piperidine rings is 1. The van der Waals surface area contributed by atoms with Crippen LogP contribution in [0.25, 0.3) is 11.1 Å². The highest BCUT2D eigenvalue weighted by Crippen LogP contribution is 2.36. The maximum Gasteiger partial charge on any atom is 0.416 e. The lowest BCUT2D eigenvalue weighted by atomic mass is 9.74. The molecule has 1 N–H and O–H groups in total. The second-order valence-electron chi connectivity index (χ2n) is 8.43. The summed E-state index contributed by atoms with van der Waals surface area (Å²) in [5.41, 5.74) is 1.34. The summed E-state index contributed by atoms with van der Waals surface area (Å²) in [6, 6.07) is 17.8. The summed E-state index contributed by atoms with van der Waals surface area (Å²) >= 11 is 5.85. The molecule has 0 aromatic heterocycles. The molecule has 0 atom stereocenters. The summed E-state index contributed by atoms with van der Waals surface area (Å²) in [4.78, 5) is 0. The van der Waals surface area contributed by atoms with E-state index in [1.54, 1.807) is 6.07 Å². The Morgan fingerprint density at radius 2 is 1.64 bits per heavy atom. The molecule has 0 radical (unpaired) electrons. The third kappa shape index (κ3) is 5.57. The summed E-state index contributed by atoms with van der Waals surface area (Å²) in [7, 11) is 0. The van der Waals surface area contributed by atoms with Gasteiger partial charge in [0.05, 0.1) is 23.8 Å². The van der Waals surface area contributed by atoms with E-state index in [-0.39, 0.29) is 17.0 Å². The number of alkyl halides is 3. The number of ether oxygens (including phenoxy) is 1. The molecule has 3 aromatic carbocycles. The molecule has 3 aromatic rings. The van der Waals surface area contributed by atoms with Crippen LogP contribution in [0.1, 0.15) is 29.5 Å². The zero-order valence-corrected chi connectivity index (χ0v) is 18.6. The summed E-state index contributed by atoms with van der Waals surface area (Å²) in [5, 5.41) is 3.22. The van der Waals surface area contributed by atoms with Crippen LogP contribution in [0, 0.1) is 5.82 Å². The minimum Gasteiger partial charge on any atom is -0.376 e. The van der Waals surface area contributed by atoms with Crippen molar-refractivity contribution < 1.29 is 22.3 Å². The normalized spacial score (nSPS) is 16.0. The first kappa shape index (κ1) is 23.7. The quantitative estimate of drug-likeness (QED) is 0.386. The number of nitrogens with one attached hydrogen (secondary N) is 1. The Labute approximate surface area is 195 Å². The van der Waals surface area contributed by atoms with Gasteiger partial charge in [0.2, 0.25) is 0 Å². The molecule has 1 fully saturated rings. The van der Waals surface area contributed by atoms with E-state index in [1.807, 2.05) is 18.2 Å². The van der Waals surface area contributed by atoms with Crippen molar-refractivity contribution >= 4 is 11.6 Å².